The molecule has 0 radical (unpaired) electrons. The highest BCUT2D eigenvalue weighted by Gasteiger charge is 2.15. The van der Waals surface area contributed by atoms with Crippen molar-refractivity contribution in [3.05, 3.63) is 53.6 Å². The predicted octanol–water partition coefficient (Wildman–Crippen LogP) is 3.89. The van der Waals surface area contributed by atoms with Crippen molar-refractivity contribution in [2.24, 2.45) is 0 Å². The molecule has 3 nitrogen and oxygen atoms in total. The first-order valence-electron chi connectivity index (χ1n) is 5.55. The van der Waals surface area contributed by atoms with Crippen LogP contribution in [-0.4, -0.2) is 13.0 Å². The summed E-state index contributed by atoms with van der Waals surface area (Å²) in [6, 6.07) is 14.1. The summed E-state index contributed by atoms with van der Waals surface area (Å²) in [5, 5.41) is 3.31. The average Bonchev–Trinajstić information content (AvgIpc) is 2.34. The molecule has 0 aliphatic carbocycles. The lowest BCUT2D eigenvalue weighted by molar-refractivity contribution is 0.484. The van der Waals surface area contributed by atoms with Gasteiger partial charge >= 0.3 is 0 Å². The van der Waals surface area contributed by atoms with Gasteiger partial charge in [0.2, 0.25) is 0 Å². The third-order valence-electron chi connectivity index (χ3n) is 3.02. The summed E-state index contributed by atoms with van der Waals surface area (Å²) in [5.41, 5.74) is 0. The summed E-state index contributed by atoms with van der Waals surface area (Å²) >= 11 is 5.91. The summed E-state index contributed by atoms with van der Waals surface area (Å²) < 4.78 is 32.2. The molecule has 0 saturated heterocycles. The van der Waals surface area contributed by atoms with Gasteiger partial charge in [0.15, 0.2) is 0 Å². The molecule has 0 spiro atoms. The van der Waals surface area contributed by atoms with Crippen LogP contribution >= 0.6 is 11.6 Å². The molecule has 0 bridgehead atoms. The largest absolute Gasteiger partial charge is 0.295 e. The van der Waals surface area contributed by atoms with Gasteiger partial charge in [-0.3, -0.25) is 4.55 Å². The van der Waals surface area contributed by atoms with Crippen molar-refractivity contribution in [3.8, 4) is 0 Å². The molecule has 0 atom stereocenters. The lowest BCUT2D eigenvalue weighted by atomic mass is 10.0. The van der Waals surface area contributed by atoms with E-state index in [0.29, 0.717) is 10.8 Å². The number of fused-ring (bicyclic) bond motifs is 2. The average molecular weight is 293 g/mol. The smallest absolute Gasteiger partial charge is 0.282 e. The minimum atomic E-state index is -4.31. The molecule has 0 saturated carbocycles. The monoisotopic (exact) mass is 292 g/mol. The second-order valence-corrected chi connectivity index (χ2v) is 6.13. The van der Waals surface area contributed by atoms with Gasteiger partial charge in [0.1, 0.15) is 4.90 Å². The van der Waals surface area contributed by atoms with Gasteiger partial charge < -0.3 is 0 Å². The van der Waals surface area contributed by atoms with Crippen LogP contribution in [0.25, 0.3) is 21.5 Å². The zero-order chi connectivity index (χ0) is 13.6. The number of hydrogen-bond acceptors (Lipinski definition) is 2. The van der Waals surface area contributed by atoms with E-state index in [1.165, 1.54) is 6.07 Å². The Hall–Kier alpha value is -1.62. The molecular weight excluding hydrogens is 284 g/mol. The second kappa shape index (κ2) is 4.20. The van der Waals surface area contributed by atoms with Gasteiger partial charge in [0.05, 0.1) is 0 Å². The van der Waals surface area contributed by atoms with Crippen molar-refractivity contribution >= 4 is 43.3 Å². The lowest BCUT2D eigenvalue weighted by Crippen LogP contribution is -1.99. The Morgan fingerprint density at radius 2 is 1.53 bits per heavy atom. The van der Waals surface area contributed by atoms with Gasteiger partial charge in [-0.05, 0) is 40.4 Å². The molecule has 0 amide bonds. The zero-order valence-corrected chi connectivity index (χ0v) is 11.2. The van der Waals surface area contributed by atoms with Gasteiger partial charge in [-0.25, -0.2) is 0 Å². The second-order valence-electron chi connectivity index (χ2n) is 4.30. The molecule has 1 N–H and O–H groups in total. The molecule has 0 aliphatic rings. The van der Waals surface area contributed by atoms with Crippen molar-refractivity contribution in [1.82, 2.24) is 0 Å². The van der Waals surface area contributed by atoms with Gasteiger partial charge in [-0.15, -0.1) is 0 Å². The Kier molecular flexibility index (Phi) is 2.74. The van der Waals surface area contributed by atoms with Crippen molar-refractivity contribution in [2.75, 3.05) is 0 Å². The zero-order valence-electron chi connectivity index (χ0n) is 9.67. The molecule has 3 rings (SSSR count). The van der Waals surface area contributed by atoms with Crippen molar-refractivity contribution in [3.63, 3.8) is 0 Å². The van der Waals surface area contributed by atoms with Crippen LogP contribution in [0.1, 0.15) is 0 Å². The summed E-state index contributed by atoms with van der Waals surface area (Å²) in [7, 11) is -4.31. The quantitative estimate of drug-likeness (QED) is 0.547. The fraction of sp³-hybridized carbons (Fsp3) is 0. The Labute approximate surface area is 115 Å². The predicted molar refractivity (Wildman–Crippen MR) is 76.3 cm³/mol. The molecule has 0 aliphatic heterocycles. The van der Waals surface area contributed by atoms with Crippen LogP contribution in [0, 0.1) is 0 Å². The molecule has 3 aromatic rings. The van der Waals surface area contributed by atoms with Crippen LogP contribution in [0.3, 0.4) is 0 Å². The third kappa shape index (κ3) is 2.18. The van der Waals surface area contributed by atoms with E-state index in [9.17, 15) is 13.0 Å². The highest BCUT2D eigenvalue weighted by molar-refractivity contribution is 7.86. The van der Waals surface area contributed by atoms with E-state index in [-0.39, 0.29) is 9.92 Å². The van der Waals surface area contributed by atoms with E-state index >= 15 is 0 Å². The number of halogens is 1. The molecule has 5 heteroatoms. The molecule has 0 aromatic heterocycles. The normalized spacial score (nSPS) is 12.1. The Morgan fingerprint density at radius 3 is 2.16 bits per heavy atom. The molecule has 0 heterocycles. The van der Waals surface area contributed by atoms with E-state index in [0.717, 1.165) is 10.8 Å². The molecule has 19 heavy (non-hydrogen) atoms. The van der Waals surface area contributed by atoms with Crippen molar-refractivity contribution in [2.45, 2.75) is 4.90 Å². The fourth-order valence-corrected chi connectivity index (χ4v) is 3.22. The van der Waals surface area contributed by atoms with Crippen molar-refractivity contribution in [1.29, 1.82) is 0 Å². The molecule has 0 fully saturated rings. The van der Waals surface area contributed by atoms with Crippen LogP contribution in [0.4, 0.5) is 0 Å². The molecular formula is C14H9ClO3S. The van der Waals surface area contributed by atoms with E-state index in [4.69, 9.17) is 11.6 Å². The first-order valence-corrected chi connectivity index (χ1v) is 7.36. The Morgan fingerprint density at radius 1 is 0.895 bits per heavy atom. The third-order valence-corrected chi connectivity index (χ3v) is 4.14. The van der Waals surface area contributed by atoms with E-state index < -0.39 is 10.1 Å². The number of benzene rings is 3. The van der Waals surface area contributed by atoms with Crippen LogP contribution < -0.4 is 0 Å². The maximum atomic E-state index is 11.4. The lowest BCUT2D eigenvalue weighted by Gasteiger charge is -2.07. The van der Waals surface area contributed by atoms with Gasteiger partial charge in [0, 0.05) is 10.4 Å². The Bertz CT molecular complexity index is 901. The van der Waals surface area contributed by atoms with Crippen LogP contribution in [-0.2, 0) is 10.1 Å². The first-order chi connectivity index (χ1) is 8.95. The molecule has 3 aromatic carbocycles. The standard InChI is InChI=1S/C14H9ClO3S/c15-12-6-11-5-9-3-1-2-4-10(9)7-13(11)14(8-12)19(16,17)18/h1-8H,(H,16,17,18). The van der Waals surface area contributed by atoms with Crippen LogP contribution in [0.2, 0.25) is 5.02 Å². The van der Waals surface area contributed by atoms with Gasteiger partial charge in [-0.1, -0.05) is 35.9 Å². The van der Waals surface area contributed by atoms with Crippen LogP contribution in [0.15, 0.2) is 53.4 Å². The van der Waals surface area contributed by atoms with Gasteiger partial charge in [-0.2, -0.15) is 8.42 Å². The minimum absolute atomic E-state index is 0.166. The molecule has 96 valence electrons. The summed E-state index contributed by atoms with van der Waals surface area (Å²) in [6.07, 6.45) is 0. The summed E-state index contributed by atoms with van der Waals surface area (Å²) in [4.78, 5) is -0.166. The highest BCUT2D eigenvalue weighted by Crippen LogP contribution is 2.30. The van der Waals surface area contributed by atoms with Crippen LogP contribution in [0.5, 0.6) is 0 Å². The Balaban J connectivity index is 2.54. The fourth-order valence-electron chi connectivity index (χ4n) is 2.20. The van der Waals surface area contributed by atoms with E-state index in [2.05, 4.69) is 0 Å². The SMILES string of the molecule is O=S(=O)(O)c1cc(Cl)cc2cc3ccccc3cc12. The maximum Gasteiger partial charge on any atom is 0.295 e. The maximum absolute atomic E-state index is 11.4. The summed E-state index contributed by atoms with van der Waals surface area (Å²) in [5.74, 6) is 0. The number of hydrogen-bond donors (Lipinski definition) is 1. The first kappa shape index (κ1) is 12.4. The van der Waals surface area contributed by atoms with E-state index in [1.54, 1.807) is 12.1 Å². The number of rotatable bonds is 1. The topological polar surface area (TPSA) is 54.4 Å². The minimum Gasteiger partial charge on any atom is -0.282 e. The summed E-state index contributed by atoms with van der Waals surface area (Å²) in [6.45, 7) is 0. The van der Waals surface area contributed by atoms with Gasteiger partial charge in [0.25, 0.3) is 10.1 Å². The molecule has 0 unspecified atom stereocenters. The highest BCUT2D eigenvalue weighted by atomic mass is 35.5. The van der Waals surface area contributed by atoms with Crippen molar-refractivity contribution < 1.29 is 13.0 Å². The van der Waals surface area contributed by atoms with E-state index in [1.807, 2.05) is 30.3 Å².